The molecule has 0 atom stereocenters. The van der Waals surface area contributed by atoms with Gasteiger partial charge in [-0.1, -0.05) is 25.7 Å². The van der Waals surface area contributed by atoms with Gasteiger partial charge in [-0.3, -0.25) is 14.5 Å². The molecule has 2 aromatic heterocycles. The van der Waals surface area contributed by atoms with Crippen LogP contribution in [0.15, 0.2) is 30.7 Å². The van der Waals surface area contributed by atoms with Crippen molar-refractivity contribution in [3.63, 3.8) is 0 Å². The number of pyridine rings is 1. The van der Waals surface area contributed by atoms with E-state index in [1.165, 1.54) is 25.7 Å². The van der Waals surface area contributed by atoms with E-state index in [0.29, 0.717) is 11.6 Å². The van der Waals surface area contributed by atoms with Gasteiger partial charge in [0.1, 0.15) is 5.69 Å². The van der Waals surface area contributed by atoms with Crippen LogP contribution in [0, 0.1) is 0 Å². The van der Waals surface area contributed by atoms with Crippen LogP contribution < -0.4 is 0 Å². The van der Waals surface area contributed by atoms with E-state index < -0.39 is 0 Å². The summed E-state index contributed by atoms with van der Waals surface area (Å²) in [6, 6.07) is 4.25. The molecule has 1 aliphatic carbocycles. The highest BCUT2D eigenvalue weighted by molar-refractivity contribution is 5.85. The largest absolute Gasteiger partial charge is 0.298 e. The van der Waals surface area contributed by atoms with Crippen molar-refractivity contribution >= 4 is 6.29 Å². The van der Waals surface area contributed by atoms with E-state index in [2.05, 4.69) is 10.1 Å². The Labute approximate surface area is 118 Å². The first kappa shape index (κ1) is 13.0. The lowest BCUT2D eigenvalue weighted by molar-refractivity contribution is 0.112. The molecule has 0 unspecified atom stereocenters. The molecule has 1 saturated carbocycles. The van der Waals surface area contributed by atoms with Crippen LogP contribution in [0.5, 0.6) is 0 Å². The Morgan fingerprint density at radius 3 is 2.65 bits per heavy atom. The molecule has 1 fully saturated rings. The molecule has 0 N–H and O–H groups in total. The molecular weight excluding hydrogens is 250 g/mol. The van der Waals surface area contributed by atoms with Gasteiger partial charge in [-0.05, 0) is 25.0 Å². The number of nitrogens with zero attached hydrogens (tertiary/aromatic N) is 3. The quantitative estimate of drug-likeness (QED) is 0.631. The average Bonchev–Trinajstić information content (AvgIpc) is 2.75. The molecular formula is C16H19N3O. The van der Waals surface area contributed by atoms with Crippen LogP contribution in [0.25, 0.3) is 11.3 Å². The predicted molar refractivity (Wildman–Crippen MR) is 77.6 cm³/mol. The normalized spacial score (nSPS) is 16.8. The maximum absolute atomic E-state index is 11.3. The second kappa shape index (κ2) is 5.99. The minimum Gasteiger partial charge on any atom is -0.298 e. The van der Waals surface area contributed by atoms with Gasteiger partial charge in [-0.2, -0.15) is 5.10 Å². The third kappa shape index (κ3) is 2.64. The fraction of sp³-hybridized carbons (Fsp3) is 0.438. The van der Waals surface area contributed by atoms with Gasteiger partial charge in [0.15, 0.2) is 6.29 Å². The molecule has 20 heavy (non-hydrogen) atoms. The highest BCUT2D eigenvalue weighted by atomic mass is 16.1. The summed E-state index contributed by atoms with van der Waals surface area (Å²) in [6.45, 7) is 0. The van der Waals surface area contributed by atoms with Crippen molar-refractivity contribution in [3.8, 4) is 11.3 Å². The van der Waals surface area contributed by atoms with Gasteiger partial charge in [0, 0.05) is 24.2 Å². The summed E-state index contributed by atoms with van der Waals surface area (Å²) in [5.41, 5.74) is 2.31. The van der Waals surface area contributed by atoms with Crippen LogP contribution in [-0.4, -0.2) is 21.1 Å². The maximum Gasteiger partial charge on any atom is 0.153 e. The molecule has 0 amide bonds. The molecule has 0 aliphatic heterocycles. The number of aromatic nitrogens is 3. The highest BCUT2D eigenvalue weighted by Gasteiger charge is 2.18. The van der Waals surface area contributed by atoms with E-state index in [0.717, 1.165) is 30.4 Å². The molecule has 0 aromatic carbocycles. The first-order valence-electron chi connectivity index (χ1n) is 7.33. The molecule has 2 aromatic rings. The van der Waals surface area contributed by atoms with Crippen molar-refractivity contribution < 1.29 is 4.79 Å². The molecule has 0 bridgehead atoms. The van der Waals surface area contributed by atoms with Gasteiger partial charge in [-0.15, -0.1) is 0 Å². The molecule has 104 valence electrons. The standard InChI is InChI=1S/C16H19N3O/c20-12-14-11-19(15-7-3-1-2-4-8-15)18-16(14)13-6-5-9-17-10-13/h5-6,9-12,15H,1-4,7-8H2. The zero-order chi connectivity index (χ0) is 13.8. The summed E-state index contributed by atoms with van der Waals surface area (Å²) in [6.07, 6.45) is 13.7. The number of carbonyl (C=O) groups is 1. The third-order valence-electron chi connectivity index (χ3n) is 4.02. The van der Waals surface area contributed by atoms with Gasteiger partial charge in [0.25, 0.3) is 0 Å². The van der Waals surface area contributed by atoms with Crippen molar-refractivity contribution in [1.82, 2.24) is 14.8 Å². The van der Waals surface area contributed by atoms with Gasteiger partial charge < -0.3 is 0 Å². The topological polar surface area (TPSA) is 47.8 Å². The fourth-order valence-electron chi connectivity index (χ4n) is 2.93. The molecule has 3 rings (SSSR count). The van der Waals surface area contributed by atoms with Gasteiger partial charge >= 0.3 is 0 Å². The lowest BCUT2D eigenvalue weighted by atomic mass is 10.1. The molecule has 0 saturated heterocycles. The highest BCUT2D eigenvalue weighted by Crippen LogP contribution is 2.29. The lowest BCUT2D eigenvalue weighted by Gasteiger charge is -2.14. The zero-order valence-electron chi connectivity index (χ0n) is 11.5. The molecule has 0 radical (unpaired) electrons. The molecule has 4 nitrogen and oxygen atoms in total. The summed E-state index contributed by atoms with van der Waals surface area (Å²) in [5, 5.41) is 4.66. The molecule has 4 heteroatoms. The second-order valence-electron chi connectivity index (χ2n) is 5.42. The minimum atomic E-state index is 0.432. The van der Waals surface area contributed by atoms with E-state index in [4.69, 9.17) is 0 Å². The Morgan fingerprint density at radius 1 is 1.20 bits per heavy atom. The summed E-state index contributed by atoms with van der Waals surface area (Å²) in [7, 11) is 0. The minimum absolute atomic E-state index is 0.432. The number of aldehydes is 1. The third-order valence-corrected chi connectivity index (χ3v) is 4.02. The van der Waals surface area contributed by atoms with Crippen LogP contribution in [-0.2, 0) is 0 Å². The van der Waals surface area contributed by atoms with Crippen LogP contribution in [0.4, 0.5) is 0 Å². The van der Waals surface area contributed by atoms with E-state index in [-0.39, 0.29) is 0 Å². The van der Waals surface area contributed by atoms with Crippen LogP contribution in [0.3, 0.4) is 0 Å². The number of hydrogen-bond acceptors (Lipinski definition) is 3. The Balaban J connectivity index is 1.94. The number of rotatable bonds is 3. The van der Waals surface area contributed by atoms with E-state index >= 15 is 0 Å². The summed E-state index contributed by atoms with van der Waals surface area (Å²) >= 11 is 0. The predicted octanol–water partition coefficient (Wildman–Crippen LogP) is 3.65. The zero-order valence-corrected chi connectivity index (χ0v) is 11.5. The van der Waals surface area contributed by atoms with E-state index in [9.17, 15) is 4.79 Å². The van der Waals surface area contributed by atoms with Crippen molar-refractivity contribution in [2.45, 2.75) is 44.6 Å². The van der Waals surface area contributed by atoms with E-state index in [1.54, 1.807) is 12.4 Å². The van der Waals surface area contributed by atoms with Crippen molar-refractivity contribution in [1.29, 1.82) is 0 Å². The first-order valence-corrected chi connectivity index (χ1v) is 7.33. The van der Waals surface area contributed by atoms with Crippen LogP contribution in [0.1, 0.15) is 54.9 Å². The molecule has 0 spiro atoms. The fourth-order valence-corrected chi connectivity index (χ4v) is 2.93. The summed E-state index contributed by atoms with van der Waals surface area (Å²) in [5.74, 6) is 0. The van der Waals surface area contributed by atoms with Crippen LogP contribution in [0.2, 0.25) is 0 Å². The number of carbonyl (C=O) groups excluding carboxylic acids is 1. The second-order valence-corrected chi connectivity index (χ2v) is 5.42. The van der Waals surface area contributed by atoms with Gasteiger partial charge in [0.05, 0.1) is 11.6 Å². The first-order chi connectivity index (χ1) is 9.88. The van der Waals surface area contributed by atoms with E-state index in [1.807, 2.05) is 23.0 Å². The summed E-state index contributed by atoms with van der Waals surface area (Å²) < 4.78 is 2.00. The van der Waals surface area contributed by atoms with Gasteiger partial charge in [-0.25, -0.2) is 0 Å². The Hall–Kier alpha value is -1.97. The summed E-state index contributed by atoms with van der Waals surface area (Å²) in [4.78, 5) is 15.4. The molecule has 1 aliphatic rings. The Morgan fingerprint density at radius 2 is 2.00 bits per heavy atom. The van der Waals surface area contributed by atoms with Crippen LogP contribution >= 0.6 is 0 Å². The number of hydrogen-bond donors (Lipinski definition) is 0. The molecule has 2 heterocycles. The SMILES string of the molecule is O=Cc1cn(C2CCCCCC2)nc1-c1cccnc1. The maximum atomic E-state index is 11.3. The smallest absolute Gasteiger partial charge is 0.153 e. The average molecular weight is 269 g/mol. The van der Waals surface area contributed by atoms with Crippen molar-refractivity contribution in [2.24, 2.45) is 0 Å². The van der Waals surface area contributed by atoms with Crippen molar-refractivity contribution in [3.05, 3.63) is 36.3 Å². The van der Waals surface area contributed by atoms with Crippen molar-refractivity contribution in [2.75, 3.05) is 0 Å². The lowest BCUT2D eigenvalue weighted by Crippen LogP contribution is -2.08. The van der Waals surface area contributed by atoms with Gasteiger partial charge in [0.2, 0.25) is 0 Å². The monoisotopic (exact) mass is 269 g/mol. The Kier molecular flexibility index (Phi) is 3.90. The Bertz CT molecular complexity index is 569.